The minimum atomic E-state index is -0.321. The van der Waals surface area contributed by atoms with Crippen molar-refractivity contribution < 1.29 is 9.53 Å². The van der Waals surface area contributed by atoms with Crippen molar-refractivity contribution in [3.8, 4) is 0 Å². The van der Waals surface area contributed by atoms with Gasteiger partial charge in [0.05, 0.1) is 0 Å². The third kappa shape index (κ3) is 2.91. The van der Waals surface area contributed by atoms with E-state index < -0.39 is 0 Å². The molecule has 2 rings (SSSR count). The van der Waals surface area contributed by atoms with Gasteiger partial charge in [-0.05, 0) is 25.8 Å². The molecule has 1 aromatic rings. The number of nitrogens with zero attached hydrogens (tertiary/aromatic N) is 1. The first-order valence-corrected chi connectivity index (χ1v) is 5.55. The fourth-order valence-electron chi connectivity index (χ4n) is 1.76. The summed E-state index contributed by atoms with van der Waals surface area (Å²) in [6.07, 6.45) is 1.56. The molecule has 92 valence electrons. The summed E-state index contributed by atoms with van der Waals surface area (Å²) in [5.74, 6) is -0.273. The zero-order valence-electron chi connectivity index (χ0n) is 9.66. The van der Waals surface area contributed by atoms with Crippen molar-refractivity contribution >= 4 is 5.91 Å². The van der Waals surface area contributed by atoms with Gasteiger partial charge in [0.1, 0.15) is 5.69 Å². The Labute approximate surface area is 98.4 Å². The number of H-pyrrole nitrogens is 1. The molecular weight excluding hydrogens is 222 g/mol. The van der Waals surface area contributed by atoms with Gasteiger partial charge in [-0.2, -0.15) is 5.10 Å². The topological polar surface area (TPSA) is 84.1 Å². The van der Waals surface area contributed by atoms with Crippen LogP contribution in [0, 0.1) is 0 Å². The van der Waals surface area contributed by atoms with Crippen LogP contribution in [-0.2, 0) is 4.74 Å². The average molecular weight is 237 g/mol. The lowest BCUT2D eigenvalue weighted by Crippen LogP contribution is -2.49. The van der Waals surface area contributed by atoms with Crippen LogP contribution in [0.3, 0.4) is 0 Å². The number of hydrogen-bond acceptors (Lipinski definition) is 4. The van der Waals surface area contributed by atoms with Crippen LogP contribution in [0.4, 0.5) is 0 Å². The molecule has 0 bridgehead atoms. The second-order valence-electron chi connectivity index (χ2n) is 4.43. The molecule has 0 spiro atoms. The maximum atomic E-state index is 11.9. The van der Waals surface area contributed by atoms with Gasteiger partial charge in [0.2, 0.25) is 0 Å². The maximum absolute atomic E-state index is 11.9. The van der Waals surface area contributed by atoms with Crippen molar-refractivity contribution in [2.24, 2.45) is 0 Å². The summed E-state index contributed by atoms with van der Waals surface area (Å²) < 4.78 is 5.25. The molecule has 0 aromatic carbocycles. The summed E-state index contributed by atoms with van der Waals surface area (Å²) in [7, 11) is 0. The van der Waals surface area contributed by atoms with Gasteiger partial charge in [0, 0.05) is 24.8 Å². The quantitative estimate of drug-likeness (QED) is 0.762. The molecule has 1 aliphatic heterocycles. The second kappa shape index (κ2) is 4.67. The zero-order chi connectivity index (χ0) is 12.3. The molecular formula is C11H15N3O3. The number of rotatable bonds is 2. The van der Waals surface area contributed by atoms with Gasteiger partial charge in [-0.15, -0.1) is 0 Å². The van der Waals surface area contributed by atoms with E-state index in [9.17, 15) is 9.59 Å². The molecule has 1 amide bonds. The summed E-state index contributed by atoms with van der Waals surface area (Å²) >= 11 is 0. The third-order valence-corrected chi connectivity index (χ3v) is 2.92. The Morgan fingerprint density at radius 2 is 2.18 bits per heavy atom. The lowest BCUT2D eigenvalue weighted by Gasteiger charge is -2.34. The highest BCUT2D eigenvalue weighted by Gasteiger charge is 2.29. The van der Waals surface area contributed by atoms with Crippen molar-refractivity contribution in [3.63, 3.8) is 0 Å². The lowest BCUT2D eigenvalue weighted by atomic mass is 9.92. The van der Waals surface area contributed by atoms with Gasteiger partial charge in [-0.3, -0.25) is 9.59 Å². The van der Waals surface area contributed by atoms with Gasteiger partial charge < -0.3 is 10.1 Å². The van der Waals surface area contributed by atoms with E-state index in [-0.39, 0.29) is 22.7 Å². The first-order chi connectivity index (χ1) is 8.09. The van der Waals surface area contributed by atoms with Crippen LogP contribution >= 0.6 is 0 Å². The van der Waals surface area contributed by atoms with Crippen molar-refractivity contribution in [3.05, 3.63) is 28.2 Å². The van der Waals surface area contributed by atoms with E-state index in [0.717, 1.165) is 12.8 Å². The van der Waals surface area contributed by atoms with E-state index in [4.69, 9.17) is 4.74 Å². The standard InChI is InChI=1S/C11H15N3O3/c1-11(4-6-17-7-5-11)12-10(16)8-2-3-9(15)14-13-8/h2-3H,4-7H2,1H3,(H,12,16)(H,14,15). The monoisotopic (exact) mass is 237 g/mol. The molecule has 1 aliphatic rings. The van der Waals surface area contributed by atoms with Crippen molar-refractivity contribution in [1.82, 2.24) is 15.5 Å². The first-order valence-electron chi connectivity index (χ1n) is 5.55. The minimum absolute atomic E-state index is 0.220. The van der Waals surface area contributed by atoms with Gasteiger partial charge in [-0.1, -0.05) is 0 Å². The molecule has 1 saturated heterocycles. The van der Waals surface area contributed by atoms with Crippen LogP contribution in [0.15, 0.2) is 16.9 Å². The van der Waals surface area contributed by atoms with E-state index in [1.165, 1.54) is 12.1 Å². The van der Waals surface area contributed by atoms with E-state index in [1.54, 1.807) is 0 Å². The average Bonchev–Trinajstić information content (AvgIpc) is 2.30. The number of aromatic amines is 1. The smallest absolute Gasteiger partial charge is 0.272 e. The maximum Gasteiger partial charge on any atom is 0.272 e. The Balaban J connectivity index is 2.05. The molecule has 0 unspecified atom stereocenters. The molecule has 0 aliphatic carbocycles. The Kier molecular flexibility index (Phi) is 3.23. The molecule has 2 N–H and O–H groups in total. The molecule has 0 atom stereocenters. The van der Waals surface area contributed by atoms with E-state index >= 15 is 0 Å². The van der Waals surface area contributed by atoms with Crippen molar-refractivity contribution in [1.29, 1.82) is 0 Å². The van der Waals surface area contributed by atoms with Crippen molar-refractivity contribution in [2.75, 3.05) is 13.2 Å². The van der Waals surface area contributed by atoms with Gasteiger partial charge in [-0.25, -0.2) is 5.10 Å². The number of aromatic nitrogens is 2. The van der Waals surface area contributed by atoms with Crippen LogP contribution < -0.4 is 10.9 Å². The highest BCUT2D eigenvalue weighted by molar-refractivity contribution is 5.92. The molecule has 2 heterocycles. The summed E-state index contributed by atoms with van der Waals surface area (Å²) in [6.45, 7) is 3.28. The van der Waals surface area contributed by atoms with Crippen LogP contribution in [0.2, 0.25) is 0 Å². The van der Waals surface area contributed by atoms with Gasteiger partial charge >= 0.3 is 0 Å². The summed E-state index contributed by atoms with van der Waals surface area (Å²) in [4.78, 5) is 22.7. The minimum Gasteiger partial charge on any atom is -0.381 e. The van der Waals surface area contributed by atoms with E-state index in [1.807, 2.05) is 6.92 Å². The number of nitrogens with one attached hydrogen (secondary N) is 2. The summed E-state index contributed by atoms with van der Waals surface area (Å²) in [5, 5.41) is 8.86. The normalized spacial score (nSPS) is 18.6. The highest BCUT2D eigenvalue weighted by atomic mass is 16.5. The lowest BCUT2D eigenvalue weighted by molar-refractivity contribution is 0.0421. The van der Waals surface area contributed by atoms with Gasteiger partial charge in [0.25, 0.3) is 11.5 Å². The predicted octanol–water partition coefficient (Wildman–Crippen LogP) is 0.0688. The fourth-order valence-corrected chi connectivity index (χ4v) is 1.76. The van der Waals surface area contributed by atoms with Gasteiger partial charge in [0.15, 0.2) is 0 Å². The number of ether oxygens (including phenoxy) is 1. The molecule has 1 fully saturated rings. The first kappa shape index (κ1) is 11.8. The number of carbonyl (C=O) groups is 1. The molecule has 17 heavy (non-hydrogen) atoms. The second-order valence-corrected chi connectivity index (χ2v) is 4.43. The van der Waals surface area contributed by atoms with E-state index in [0.29, 0.717) is 13.2 Å². The number of amides is 1. The molecule has 6 heteroatoms. The fraction of sp³-hybridized carbons (Fsp3) is 0.545. The van der Waals surface area contributed by atoms with Crippen LogP contribution in [-0.4, -0.2) is 34.9 Å². The Hall–Kier alpha value is -1.69. The van der Waals surface area contributed by atoms with Crippen LogP contribution in [0.5, 0.6) is 0 Å². The molecule has 1 aromatic heterocycles. The summed E-state index contributed by atoms with van der Waals surface area (Å²) in [6, 6.07) is 2.70. The Bertz CT molecular complexity index is 443. The summed E-state index contributed by atoms with van der Waals surface area (Å²) in [5.41, 5.74) is -0.358. The SMILES string of the molecule is CC1(NC(=O)c2ccc(=O)[nH]n2)CCOCC1. The zero-order valence-corrected chi connectivity index (χ0v) is 9.66. The molecule has 6 nitrogen and oxygen atoms in total. The third-order valence-electron chi connectivity index (χ3n) is 2.92. The number of carbonyl (C=O) groups excluding carboxylic acids is 1. The molecule has 0 radical (unpaired) electrons. The predicted molar refractivity (Wildman–Crippen MR) is 60.8 cm³/mol. The van der Waals surface area contributed by atoms with Crippen LogP contribution in [0.25, 0.3) is 0 Å². The van der Waals surface area contributed by atoms with Crippen LogP contribution in [0.1, 0.15) is 30.3 Å². The van der Waals surface area contributed by atoms with E-state index in [2.05, 4.69) is 15.5 Å². The molecule has 0 saturated carbocycles. The van der Waals surface area contributed by atoms with Crippen molar-refractivity contribution in [2.45, 2.75) is 25.3 Å². The Morgan fingerprint density at radius 1 is 1.47 bits per heavy atom. The Morgan fingerprint density at radius 3 is 2.76 bits per heavy atom. The largest absolute Gasteiger partial charge is 0.381 e. The number of hydrogen-bond donors (Lipinski definition) is 2. The highest BCUT2D eigenvalue weighted by Crippen LogP contribution is 2.19.